The average molecular weight is 284 g/mol. The molecule has 0 bridgehead atoms. The van der Waals surface area contributed by atoms with Crippen molar-refractivity contribution in [2.24, 2.45) is 12.8 Å². The van der Waals surface area contributed by atoms with Crippen molar-refractivity contribution in [2.45, 2.75) is 11.4 Å². The van der Waals surface area contributed by atoms with E-state index in [0.29, 0.717) is 11.3 Å². The lowest BCUT2D eigenvalue weighted by atomic mass is 10.2. The molecule has 1 heterocycles. The highest BCUT2D eigenvalue weighted by molar-refractivity contribution is 7.92. The molecule has 0 aliphatic heterocycles. The lowest BCUT2D eigenvalue weighted by Gasteiger charge is -2.10. The molecule has 0 atom stereocenters. The Labute approximate surface area is 110 Å². The van der Waals surface area contributed by atoms with Crippen LogP contribution in [0.2, 0.25) is 0 Å². The second-order valence-electron chi connectivity index (χ2n) is 3.96. The van der Waals surface area contributed by atoms with Crippen molar-refractivity contribution in [3.63, 3.8) is 0 Å². The van der Waals surface area contributed by atoms with Crippen LogP contribution in [0.5, 0.6) is 0 Å². The van der Waals surface area contributed by atoms with Gasteiger partial charge < -0.3 is 5.73 Å². The molecule has 1 aromatic heterocycles. The Morgan fingerprint density at radius 3 is 2.79 bits per heavy atom. The zero-order valence-electron chi connectivity index (χ0n) is 10.2. The van der Waals surface area contributed by atoms with Gasteiger partial charge in [0.1, 0.15) is 5.82 Å². The zero-order valence-corrected chi connectivity index (χ0v) is 11.0. The highest BCUT2D eigenvalue weighted by atomic mass is 32.2. The fraction of sp³-hybridized carbons (Fsp3) is 0.182. The number of aromatic nitrogens is 2. The van der Waals surface area contributed by atoms with Crippen LogP contribution in [0.3, 0.4) is 0 Å². The zero-order chi connectivity index (χ0) is 14.0. The summed E-state index contributed by atoms with van der Waals surface area (Å²) >= 11 is 0. The van der Waals surface area contributed by atoms with Gasteiger partial charge in [-0.2, -0.15) is 5.10 Å². The maximum absolute atomic E-state index is 13.2. The molecule has 0 aliphatic rings. The molecule has 8 heteroatoms. The predicted octanol–water partition coefficient (Wildman–Crippen LogP) is 0.819. The quantitative estimate of drug-likeness (QED) is 0.869. The SMILES string of the molecule is Cn1cc(NS(=O)(=O)c2cc(F)ccc2CN)cn1. The number of aryl methyl sites for hydroxylation is 1. The number of rotatable bonds is 4. The van der Waals surface area contributed by atoms with E-state index >= 15 is 0 Å². The number of hydrogen-bond acceptors (Lipinski definition) is 4. The van der Waals surface area contributed by atoms with E-state index < -0.39 is 15.8 Å². The van der Waals surface area contributed by atoms with Crippen LogP contribution in [0.15, 0.2) is 35.5 Å². The first-order chi connectivity index (χ1) is 8.92. The summed E-state index contributed by atoms with van der Waals surface area (Å²) in [5, 5.41) is 3.85. The smallest absolute Gasteiger partial charge is 0.262 e. The summed E-state index contributed by atoms with van der Waals surface area (Å²) in [6.45, 7) is 0.00353. The highest BCUT2D eigenvalue weighted by Gasteiger charge is 2.19. The number of benzene rings is 1. The molecule has 102 valence electrons. The fourth-order valence-electron chi connectivity index (χ4n) is 1.63. The number of anilines is 1. The number of nitrogens with zero attached hydrogens (tertiary/aromatic N) is 2. The molecule has 6 nitrogen and oxygen atoms in total. The van der Waals surface area contributed by atoms with E-state index in [1.165, 1.54) is 29.2 Å². The molecule has 0 unspecified atom stereocenters. The molecule has 0 radical (unpaired) electrons. The molecule has 1 aromatic carbocycles. The summed E-state index contributed by atoms with van der Waals surface area (Å²) in [6.07, 6.45) is 2.86. The second-order valence-corrected chi connectivity index (χ2v) is 5.62. The standard InChI is InChI=1S/C11H13FN4O2S/c1-16-7-10(6-14-16)15-19(17,18)11-4-9(12)3-2-8(11)5-13/h2-4,6-7,15H,5,13H2,1H3. The Bertz CT molecular complexity index is 696. The van der Waals surface area contributed by atoms with E-state index in [-0.39, 0.29) is 11.4 Å². The molecule has 3 N–H and O–H groups in total. The lowest BCUT2D eigenvalue weighted by molar-refractivity contribution is 0.593. The summed E-state index contributed by atoms with van der Waals surface area (Å²) in [5.41, 5.74) is 6.11. The van der Waals surface area contributed by atoms with Crippen LogP contribution in [0, 0.1) is 5.82 Å². The first-order valence-electron chi connectivity index (χ1n) is 5.42. The number of nitrogens with two attached hydrogens (primary N) is 1. The lowest BCUT2D eigenvalue weighted by Crippen LogP contribution is -2.16. The van der Waals surface area contributed by atoms with Crippen LogP contribution in [-0.4, -0.2) is 18.2 Å². The Morgan fingerprint density at radius 1 is 1.47 bits per heavy atom. The minimum absolute atomic E-state index is 0.00353. The third-order valence-electron chi connectivity index (χ3n) is 2.50. The summed E-state index contributed by atoms with van der Waals surface area (Å²) in [7, 11) is -2.23. The van der Waals surface area contributed by atoms with Gasteiger partial charge in [0, 0.05) is 19.8 Å². The molecule has 0 saturated carbocycles. The molecule has 0 aliphatic carbocycles. The van der Waals surface area contributed by atoms with Crippen LogP contribution in [-0.2, 0) is 23.6 Å². The Balaban J connectivity index is 2.41. The maximum Gasteiger partial charge on any atom is 0.262 e. The molecular formula is C11H13FN4O2S. The van der Waals surface area contributed by atoms with Crippen molar-refractivity contribution < 1.29 is 12.8 Å². The van der Waals surface area contributed by atoms with Gasteiger partial charge in [0.05, 0.1) is 16.8 Å². The van der Waals surface area contributed by atoms with Crippen LogP contribution >= 0.6 is 0 Å². The van der Waals surface area contributed by atoms with Gasteiger partial charge in [-0.25, -0.2) is 12.8 Å². The number of nitrogens with one attached hydrogen (secondary N) is 1. The van der Waals surface area contributed by atoms with Gasteiger partial charge in [-0.15, -0.1) is 0 Å². The van der Waals surface area contributed by atoms with Crippen molar-refractivity contribution >= 4 is 15.7 Å². The van der Waals surface area contributed by atoms with Crippen LogP contribution in [0.1, 0.15) is 5.56 Å². The van der Waals surface area contributed by atoms with Crippen LogP contribution in [0.25, 0.3) is 0 Å². The first-order valence-corrected chi connectivity index (χ1v) is 6.90. The highest BCUT2D eigenvalue weighted by Crippen LogP contribution is 2.20. The van der Waals surface area contributed by atoms with Gasteiger partial charge in [0.15, 0.2) is 0 Å². The van der Waals surface area contributed by atoms with Crippen molar-refractivity contribution in [2.75, 3.05) is 4.72 Å². The average Bonchev–Trinajstić information content (AvgIpc) is 2.74. The van der Waals surface area contributed by atoms with E-state index in [4.69, 9.17) is 5.73 Å². The number of hydrogen-bond donors (Lipinski definition) is 2. The minimum atomic E-state index is -3.89. The van der Waals surface area contributed by atoms with Crippen molar-refractivity contribution in [1.29, 1.82) is 0 Å². The molecule has 0 fully saturated rings. The van der Waals surface area contributed by atoms with Gasteiger partial charge in [0.25, 0.3) is 10.0 Å². The topological polar surface area (TPSA) is 90.0 Å². The number of sulfonamides is 1. The van der Waals surface area contributed by atoms with Gasteiger partial charge >= 0.3 is 0 Å². The molecular weight excluding hydrogens is 271 g/mol. The van der Waals surface area contributed by atoms with E-state index in [2.05, 4.69) is 9.82 Å². The number of halogens is 1. The summed E-state index contributed by atoms with van der Waals surface area (Å²) < 4.78 is 41.3. The summed E-state index contributed by atoms with van der Waals surface area (Å²) in [4.78, 5) is -0.168. The van der Waals surface area contributed by atoms with Crippen molar-refractivity contribution in [3.8, 4) is 0 Å². The monoisotopic (exact) mass is 284 g/mol. The van der Waals surface area contributed by atoms with Gasteiger partial charge in [-0.1, -0.05) is 6.07 Å². The Morgan fingerprint density at radius 2 is 2.21 bits per heavy atom. The molecule has 0 saturated heterocycles. The molecule has 0 amide bonds. The van der Waals surface area contributed by atoms with E-state index in [1.54, 1.807) is 7.05 Å². The maximum atomic E-state index is 13.2. The van der Waals surface area contributed by atoms with Crippen LogP contribution < -0.4 is 10.5 Å². The van der Waals surface area contributed by atoms with Gasteiger partial charge in [-0.05, 0) is 17.7 Å². The van der Waals surface area contributed by atoms with E-state index in [1.807, 2.05) is 0 Å². The molecule has 2 aromatic rings. The predicted molar refractivity (Wildman–Crippen MR) is 68.3 cm³/mol. The second kappa shape index (κ2) is 4.98. The molecule has 0 spiro atoms. The summed E-state index contributed by atoms with van der Waals surface area (Å²) in [6, 6.07) is 3.47. The summed E-state index contributed by atoms with van der Waals surface area (Å²) in [5.74, 6) is -0.635. The van der Waals surface area contributed by atoms with Gasteiger partial charge in [0.2, 0.25) is 0 Å². The van der Waals surface area contributed by atoms with Crippen molar-refractivity contribution in [1.82, 2.24) is 9.78 Å². The van der Waals surface area contributed by atoms with Crippen molar-refractivity contribution in [3.05, 3.63) is 42.0 Å². The molecule has 2 rings (SSSR count). The largest absolute Gasteiger partial charge is 0.326 e. The van der Waals surface area contributed by atoms with Gasteiger partial charge in [-0.3, -0.25) is 9.40 Å². The van der Waals surface area contributed by atoms with E-state index in [9.17, 15) is 12.8 Å². The fourth-order valence-corrected chi connectivity index (χ4v) is 2.92. The Hall–Kier alpha value is -1.93. The molecule has 19 heavy (non-hydrogen) atoms. The van der Waals surface area contributed by atoms with Crippen LogP contribution in [0.4, 0.5) is 10.1 Å². The third-order valence-corrected chi connectivity index (χ3v) is 3.96. The minimum Gasteiger partial charge on any atom is -0.326 e. The Kier molecular flexibility index (Phi) is 3.54. The third kappa shape index (κ3) is 2.91. The van der Waals surface area contributed by atoms with E-state index in [0.717, 1.165) is 6.07 Å². The first kappa shape index (κ1) is 13.5. The normalized spacial score (nSPS) is 11.5.